The number of hydrogen-bond donors (Lipinski definition) is 2. The third-order valence-electron chi connectivity index (χ3n) is 3.34. The molecule has 1 aromatic carbocycles. The molecule has 2 N–H and O–H groups in total. The lowest BCUT2D eigenvalue weighted by Gasteiger charge is -2.35. The van der Waals surface area contributed by atoms with Gasteiger partial charge in [0, 0.05) is 26.2 Å². The number of rotatable bonds is 2. The van der Waals surface area contributed by atoms with Gasteiger partial charge in [-0.2, -0.15) is 5.26 Å². The van der Waals surface area contributed by atoms with E-state index < -0.39 is 0 Å². The fourth-order valence-electron chi connectivity index (χ4n) is 2.16. The quantitative estimate of drug-likeness (QED) is 0.760. The van der Waals surface area contributed by atoms with Crippen molar-refractivity contribution in [1.29, 1.82) is 5.26 Å². The number of likely N-dealkylation sites (N-methyl/N-ethyl adjacent to an activating group) is 1. The smallest absolute Gasteiger partial charge is 0.157 e. The molecule has 2 rings (SSSR count). The van der Waals surface area contributed by atoms with Crippen LogP contribution in [0.15, 0.2) is 18.2 Å². The SMILES string of the molecule is CN1CCN(C(C#N)c2ccc(O)c(O)c2)CC1. The topological polar surface area (TPSA) is 70.7 Å². The number of benzene rings is 1. The number of phenolic OH excluding ortho intramolecular Hbond substituents is 2. The summed E-state index contributed by atoms with van der Waals surface area (Å²) in [5.41, 5.74) is 0.720. The van der Waals surface area contributed by atoms with Gasteiger partial charge in [-0.1, -0.05) is 6.07 Å². The van der Waals surface area contributed by atoms with Crippen LogP contribution in [0.4, 0.5) is 0 Å². The van der Waals surface area contributed by atoms with Crippen LogP contribution in [0, 0.1) is 11.3 Å². The molecule has 0 amide bonds. The van der Waals surface area contributed by atoms with E-state index in [4.69, 9.17) is 0 Å². The minimum Gasteiger partial charge on any atom is -0.504 e. The third-order valence-corrected chi connectivity index (χ3v) is 3.34. The summed E-state index contributed by atoms with van der Waals surface area (Å²) in [6.45, 7) is 3.53. The van der Waals surface area contributed by atoms with Crippen LogP contribution >= 0.6 is 0 Å². The summed E-state index contributed by atoms with van der Waals surface area (Å²) in [6, 6.07) is 6.46. The molecule has 0 radical (unpaired) electrons. The number of aromatic hydroxyl groups is 2. The van der Waals surface area contributed by atoms with E-state index in [0.29, 0.717) is 0 Å². The maximum atomic E-state index is 9.50. The van der Waals surface area contributed by atoms with E-state index in [0.717, 1.165) is 31.7 Å². The average Bonchev–Trinajstić information content (AvgIpc) is 2.37. The highest BCUT2D eigenvalue weighted by atomic mass is 16.3. The molecule has 96 valence electrons. The van der Waals surface area contributed by atoms with Crippen molar-refractivity contribution in [2.24, 2.45) is 0 Å². The maximum absolute atomic E-state index is 9.50. The molecule has 0 bridgehead atoms. The molecule has 1 saturated heterocycles. The first-order valence-corrected chi connectivity index (χ1v) is 5.96. The standard InChI is InChI=1S/C13H17N3O2/c1-15-4-6-16(7-5-15)11(9-14)10-2-3-12(17)13(18)8-10/h2-3,8,11,17-18H,4-7H2,1H3. The van der Waals surface area contributed by atoms with Crippen LogP contribution in [-0.2, 0) is 0 Å². The van der Waals surface area contributed by atoms with Gasteiger partial charge in [0.2, 0.25) is 0 Å². The fraction of sp³-hybridized carbons (Fsp3) is 0.462. The summed E-state index contributed by atoms with van der Waals surface area (Å²) in [4.78, 5) is 4.31. The first-order chi connectivity index (χ1) is 8.61. The number of hydrogen-bond acceptors (Lipinski definition) is 5. The third kappa shape index (κ3) is 2.55. The van der Waals surface area contributed by atoms with Crippen molar-refractivity contribution in [3.63, 3.8) is 0 Å². The molecule has 1 aromatic rings. The Hall–Kier alpha value is -1.77. The Labute approximate surface area is 106 Å². The van der Waals surface area contributed by atoms with Gasteiger partial charge in [0.05, 0.1) is 6.07 Å². The van der Waals surface area contributed by atoms with Gasteiger partial charge < -0.3 is 15.1 Å². The molecule has 0 spiro atoms. The molecule has 18 heavy (non-hydrogen) atoms. The second kappa shape index (κ2) is 5.25. The van der Waals surface area contributed by atoms with Gasteiger partial charge in [-0.3, -0.25) is 4.90 Å². The van der Waals surface area contributed by atoms with E-state index in [1.165, 1.54) is 12.1 Å². The number of nitriles is 1. The van der Waals surface area contributed by atoms with Crippen molar-refractivity contribution < 1.29 is 10.2 Å². The Morgan fingerprint density at radius 2 is 1.83 bits per heavy atom. The predicted molar refractivity (Wildman–Crippen MR) is 67.2 cm³/mol. The molecular formula is C13H17N3O2. The highest BCUT2D eigenvalue weighted by Crippen LogP contribution is 2.30. The Bertz CT molecular complexity index is 462. The largest absolute Gasteiger partial charge is 0.504 e. The Morgan fingerprint density at radius 3 is 2.39 bits per heavy atom. The molecule has 5 nitrogen and oxygen atoms in total. The Kier molecular flexibility index (Phi) is 3.70. The number of phenols is 2. The second-order valence-electron chi connectivity index (χ2n) is 4.62. The Balaban J connectivity index is 2.18. The van der Waals surface area contributed by atoms with E-state index in [1.807, 2.05) is 0 Å². The van der Waals surface area contributed by atoms with Gasteiger partial charge in [0.1, 0.15) is 6.04 Å². The maximum Gasteiger partial charge on any atom is 0.157 e. The van der Waals surface area contributed by atoms with E-state index in [1.54, 1.807) is 6.07 Å². The normalized spacial score (nSPS) is 19.3. The molecule has 5 heteroatoms. The zero-order valence-corrected chi connectivity index (χ0v) is 10.4. The second-order valence-corrected chi connectivity index (χ2v) is 4.62. The molecule has 0 aromatic heterocycles. The monoisotopic (exact) mass is 247 g/mol. The molecule has 0 aliphatic carbocycles. The zero-order chi connectivity index (χ0) is 13.1. The van der Waals surface area contributed by atoms with E-state index in [9.17, 15) is 15.5 Å². The highest BCUT2D eigenvalue weighted by molar-refractivity contribution is 5.42. The lowest BCUT2D eigenvalue weighted by molar-refractivity contribution is 0.132. The van der Waals surface area contributed by atoms with E-state index in [-0.39, 0.29) is 17.5 Å². The van der Waals surface area contributed by atoms with Crippen LogP contribution in [0.3, 0.4) is 0 Å². The van der Waals surface area contributed by atoms with Crippen LogP contribution < -0.4 is 0 Å². The van der Waals surface area contributed by atoms with Crippen LogP contribution in [0.2, 0.25) is 0 Å². The van der Waals surface area contributed by atoms with Crippen molar-refractivity contribution in [2.45, 2.75) is 6.04 Å². The molecule has 1 aliphatic rings. The molecule has 1 aliphatic heterocycles. The summed E-state index contributed by atoms with van der Waals surface area (Å²) in [5.74, 6) is -0.337. The van der Waals surface area contributed by atoms with E-state index in [2.05, 4.69) is 22.9 Å². The number of piperazine rings is 1. The van der Waals surface area contributed by atoms with Crippen LogP contribution in [0.1, 0.15) is 11.6 Å². The summed E-state index contributed by atoms with van der Waals surface area (Å²) in [7, 11) is 2.06. The molecule has 1 fully saturated rings. The zero-order valence-electron chi connectivity index (χ0n) is 10.4. The van der Waals surface area contributed by atoms with Gasteiger partial charge in [-0.15, -0.1) is 0 Å². The van der Waals surface area contributed by atoms with Crippen molar-refractivity contribution >= 4 is 0 Å². The van der Waals surface area contributed by atoms with Crippen LogP contribution in [-0.4, -0.2) is 53.2 Å². The van der Waals surface area contributed by atoms with Crippen molar-refractivity contribution in [2.75, 3.05) is 33.2 Å². The summed E-state index contributed by atoms with van der Waals surface area (Å²) in [6.07, 6.45) is 0. The van der Waals surface area contributed by atoms with Gasteiger partial charge >= 0.3 is 0 Å². The highest BCUT2D eigenvalue weighted by Gasteiger charge is 2.24. The van der Waals surface area contributed by atoms with Gasteiger partial charge in [-0.05, 0) is 24.7 Å². The lowest BCUT2D eigenvalue weighted by atomic mass is 10.0. The molecule has 1 heterocycles. The minimum atomic E-state index is -0.370. The van der Waals surface area contributed by atoms with Crippen LogP contribution in [0.25, 0.3) is 0 Å². The fourth-order valence-corrected chi connectivity index (χ4v) is 2.16. The lowest BCUT2D eigenvalue weighted by Crippen LogP contribution is -2.45. The molecular weight excluding hydrogens is 230 g/mol. The first-order valence-electron chi connectivity index (χ1n) is 5.96. The first kappa shape index (κ1) is 12.7. The minimum absolute atomic E-state index is 0.159. The van der Waals surface area contributed by atoms with Gasteiger partial charge in [0.15, 0.2) is 11.5 Å². The van der Waals surface area contributed by atoms with E-state index >= 15 is 0 Å². The Morgan fingerprint density at radius 1 is 1.17 bits per heavy atom. The van der Waals surface area contributed by atoms with Crippen molar-refractivity contribution in [3.05, 3.63) is 23.8 Å². The van der Waals surface area contributed by atoms with Crippen molar-refractivity contribution in [3.8, 4) is 17.6 Å². The molecule has 1 atom stereocenters. The molecule has 0 saturated carbocycles. The predicted octanol–water partition coefficient (Wildman–Crippen LogP) is 0.910. The van der Waals surface area contributed by atoms with Crippen LogP contribution in [0.5, 0.6) is 11.5 Å². The number of nitrogens with zero attached hydrogens (tertiary/aromatic N) is 3. The summed E-state index contributed by atoms with van der Waals surface area (Å²) < 4.78 is 0. The van der Waals surface area contributed by atoms with Crippen molar-refractivity contribution in [1.82, 2.24) is 9.80 Å². The van der Waals surface area contributed by atoms with Gasteiger partial charge in [0.25, 0.3) is 0 Å². The average molecular weight is 247 g/mol. The van der Waals surface area contributed by atoms with Gasteiger partial charge in [-0.25, -0.2) is 0 Å². The summed E-state index contributed by atoms with van der Waals surface area (Å²) >= 11 is 0. The molecule has 1 unspecified atom stereocenters. The summed E-state index contributed by atoms with van der Waals surface area (Å²) in [5, 5.41) is 28.1.